The Labute approximate surface area is 153 Å². The van der Waals surface area contributed by atoms with Crippen molar-refractivity contribution < 1.29 is 8.42 Å². The van der Waals surface area contributed by atoms with Crippen molar-refractivity contribution in [2.75, 3.05) is 12.8 Å². The third kappa shape index (κ3) is 3.28. The number of benzene rings is 1. The van der Waals surface area contributed by atoms with Gasteiger partial charge in [0.15, 0.2) is 0 Å². The molecule has 0 bridgehead atoms. The predicted octanol–water partition coefficient (Wildman–Crippen LogP) is 2.13. The zero-order valence-corrected chi connectivity index (χ0v) is 15.7. The molecule has 1 aromatic carbocycles. The molecule has 1 saturated heterocycles. The molecule has 0 amide bonds. The third-order valence-corrected chi connectivity index (χ3v) is 6.40. The summed E-state index contributed by atoms with van der Waals surface area (Å²) in [7, 11) is -2.16. The van der Waals surface area contributed by atoms with Gasteiger partial charge in [0.2, 0.25) is 16.0 Å². The summed E-state index contributed by atoms with van der Waals surface area (Å²) >= 11 is 0. The number of pyridine rings is 1. The molecule has 134 valence electrons. The van der Waals surface area contributed by atoms with Crippen molar-refractivity contribution >= 4 is 16.0 Å². The van der Waals surface area contributed by atoms with E-state index in [1.54, 1.807) is 26.2 Å². The molecule has 26 heavy (non-hydrogen) atoms. The first-order valence-corrected chi connectivity index (χ1v) is 9.68. The molecule has 0 aliphatic carbocycles. The van der Waals surface area contributed by atoms with Crippen LogP contribution in [-0.2, 0) is 15.6 Å². The average molecular weight is 368 g/mol. The number of aromatic nitrogens is 1. The first-order chi connectivity index (χ1) is 12.2. The maximum absolute atomic E-state index is 12.4. The zero-order chi connectivity index (χ0) is 18.9. The first-order valence-electron chi connectivity index (χ1n) is 8.07. The van der Waals surface area contributed by atoms with E-state index in [1.165, 1.54) is 7.05 Å². The highest BCUT2D eigenvalue weighted by Crippen LogP contribution is 2.30. The van der Waals surface area contributed by atoms with E-state index in [2.05, 4.69) is 22.1 Å². The van der Waals surface area contributed by atoms with Crippen molar-refractivity contribution in [3.8, 4) is 23.0 Å². The van der Waals surface area contributed by atoms with Crippen LogP contribution in [0.3, 0.4) is 0 Å². The second kappa shape index (κ2) is 6.46. The predicted molar refractivity (Wildman–Crippen MR) is 102 cm³/mol. The molecule has 6 nitrogen and oxygen atoms in total. The van der Waals surface area contributed by atoms with E-state index in [4.69, 9.17) is 5.41 Å². The van der Waals surface area contributed by atoms with E-state index in [0.717, 1.165) is 26.6 Å². The Kier molecular flexibility index (Phi) is 4.46. The third-order valence-electron chi connectivity index (χ3n) is 4.44. The van der Waals surface area contributed by atoms with Crippen molar-refractivity contribution in [3.63, 3.8) is 0 Å². The lowest BCUT2D eigenvalue weighted by molar-refractivity contribution is 0.418. The molecule has 1 aliphatic heterocycles. The normalized spacial score (nSPS) is 21.5. The summed E-state index contributed by atoms with van der Waals surface area (Å²) in [6.45, 7) is 3.57. The van der Waals surface area contributed by atoms with Crippen LogP contribution >= 0.6 is 0 Å². The van der Waals surface area contributed by atoms with Gasteiger partial charge in [-0.2, -0.15) is 0 Å². The number of rotatable bonds is 2. The van der Waals surface area contributed by atoms with Crippen LogP contribution in [0.15, 0.2) is 42.7 Å². The number of nitrogens with zero attached hydrogens (tertiary/aromatic N) is 2. The smallest absolute Gasteiger partial charge is 0.239 e. The summed E-state index contributed by atoms with van der Waals surface area (Å²) in [5, 5.41) is 11.0. The van der Waals surface area contributed by atoms with Crippen molar-refractivity contribution in [3.05, 3.63) is 53.9 Å². The molecule has 2 heterocycles. The molecule has 0 unspecified atom stereocenters. The molecule has 1 fully saturated rings. The van der Waals surface area contributed by atoms with Gasteiger partial charge in [-0.25, -0.2) is 12.7 Å². The van der Waals surface area contributed by atoms with Crippen LogP contribution in [-0.4, -0.2) is 36.5 Å². The van der Waals surface area contributed by atoms with E-state index in [9.17, 15) is 8.42 Å². The molecule has 0 radical (unpaired) electrons. The number of hydrogen-bond acceptors (Lipinski definition) is 4. The fraction of sp³-hybridized carbons (Fsp3) is 0.263. The molecular weight excluding hydrogens is 348 g/mol. The van der Waals surface area contributed by atoms with Crippen LogP contribution in [0.2, 0.25) is 0 Å². The van der Waals surface area contributed by atoms with Gasteiger partial charge in [-0.3, -0.25) is 10.4 Å². The van der Waals surface area contributed by atoms with Crippen molar-refractivity contribution in [2.24, 2.45) is 0 Å². The fourth-order valence-corrected chi connectivity index (χ4v) is 4.47. The minimum atomic E-state index is -3.54. The van der Waals surface area contributed by atoms with Crippen LogP contribution in [0.25, 0.3) is 11.1 Å². The molecule has 7 heteroatoms. The number of hydrogen-bond donors (Lipinski definition) is 2. The second-order valence-corrected chi connectivity index (χ2v) is 8.45. The Hall–Kier alpha value is -2.85. The van der Waals surface area contributed by atoms with E-state index >= 15 is 0 Å². The molecule has 1 aliphatic rings. The zero-order valence-electron chi connectivity index (χ0n) is 14.9. The molecule has 2 N–H and O–H groups in total. The Morgan fingerprint density at radius 2 is 2.04 bits per heavy atom. The van der Waals surface area contributed by atoms with E-state index in [-0.39, 0.29) is 11.7 Å². The van der Waals surface area contributed by atoms with E-state index in [0.29, 0.717) is 0 Å². The molecule has 3 rings (SSSR count). The second-order valence-electron chi connectivity index (χ2n) is 6.45. The van der Waals surface area contributed by atoms with Gasteiger partial charge in [-0.05, 0) is 37.1 Å². The van der Waals surface area contributed by atoms with Crippen LogP contribution in [0, 0.1) is 17.3 Å². The molecule has 1 aromatic heterocycles. The largest absolute Gasteiger partial charge is 0.345 e. The Morgan fingerprint density at radius 3 is 2.73 bits per heavy atom. The lowest BCUT2D eigenvalue weighted by Crippen LogP contribution is -2.60. The van der Waals surface area contributed by atoms with Crippen LogP contribution in [0.4, 0.5) is 0 Å². The highest BCUT2D eigenvalue weighted by Gasteiger charge is 2.41. The van der Waals surface area contributed by atoms with Crippen molar-refractivity contribution in [1.29, 1.82) is 5.41 Å². The maximum atomic E-state index is 12.4. The van der Waals surface area contributed by atoms with Crippen molar-refractivity contribution in [1.82, 2.24) is 14.6 Å². The number of sulfonamides is 1. The summed E-state index contributed by atoms with van der Waals surface area (Å²) in [6, 6.07) is 9.58. The summed E-state index contributed by atoms with van der Waals surface area (Å²) < 4.78 is 25.7. The quantitative estimate of drug-likeness (QED) is 0.795. The SMILES string of the molecule is CC#Cc1cncc(-c2cccc([C@]3(C)CS(=O)(=O)N(C)C(=N)N3)c2)c1. The van der Waals surface area contributed by atoms with Crippen LogP contribution in [0.5, 0.6) is 0 Å². The fourth-order valence-electron chi connectivity index (χ4n) is 2.98. The summed E-state index contributed by atoms with van der Waals surface area (Å²) in [5.74, 6) is 5.59. The standard InChI is InChI=1S/C19H20N4O2S/c1-4-6-14-9-16(12-21-11-14)15-7-5-8-17(10-15)19(2)13-26(24,25)23(3)18(20)22-19/h5,7-12H,13H2,1-3H3,(H2,20,22)/t19-/m0/s1. The maximum Gasteiger partial charge on any atom is 0.239 e. The molecule has 0 saturated carbocycles. The monoisotopic (exact) mass is 368 g/mol. The van der Waals surface area contributed by atoms with Gasteiger partial charge in [0.25, 0.3) is 0 Å². The summed E-state index contributed by atoms with van der Waals surface area (Å²) in [5.41, 5.74) is 2.56. The van der Waals surface area contributed by atoms with E-state index < -0.39 is 15.6 Å². The van der Waals surface area contributed by atoms with Gasteiger partial charge < -0.3 is 5.32 Å². The van der Waals surface area contributed by atoms with Gasteiger partial charge in [0.05, 0.1) is 11.3 Å². The van der Waals surface area contributed by atoms with Crippen molar-refractivity contribution in [2.45, 2.75) is 19.4 Å². The van der Waals surface area contributed by atoms with Crippen LogP contribution < -0.4 is 5.32 Å². The number of guanidine groups is 1. The van der Waals surface area contributed by atoms with Crippen LogP contribution in [0.1, 0.15) is 25.0 Å². The van der Waals surface area contributed by atoms with E-state index in [1.807, 2.05) is 30.3 Å². The topological polar surface area (TPSA) is 86.2 Å². The molecule has 2 aromatic rings. The summed E-state index contributed by atoms with van der Waals surface area (Å²) in [4.78, 5) is 4.23. The van der Waals surface area contributed by atoms with Gasteiger partial charge in [0.1, 0.15) is 0 Å². The Morgan fingerprint density at radius 1 is 1.27 bits per heavy atom. The first kappa shape index (κ1) is 18.0. The molecule has 0 spiro atoms. The minimum absolute atomic E-state index is 0.123. The van der Waals surface area contributed by atoms with Gasteiger partial charge >= 0.3 is 0 Å². The lowest BCUT2D eigenvalue weighted by atomic mass is 9.91. The van der Waals surface area contributed by atoms with Gasteiger partial charge in [0, 0.05) is 30.6 Å². The lowest BCUT2D eigenvalue weighted by Gasteiger charge is -2.40. The van der Waals surface area contributed by atoms with Gasteiger partial charge in [-0.1, -0.05) is 24.1 Å². The molecule has 1 atom stereocenters. The number of nitrogens with one attached hydrogen (secondary N) is 2. The highest BCUT2D eigenvalue weighted by molar-refractivity contribution is 7.89. The minimum Gasteiger partial charge on any atom is -0.345 e. The van der Waals surface area contributed by atoms with Gasteiger partial charge in [-0.15, -0.1) is 5.92 Å². The molecular formula is C19H20N4O2S. The summed E-state index contributed by atoms with van der Waals surface area (Å²) in [6.07, 6.45) is 3.46. The Bertz CT molecular complexity index is 1040. The highest BCUT2D eigenvalue weighted by atomic mass is 32.2. The average Bonchev–Trinajstić information content (AvgIpc) is 2.60. The Balaban J connectivity index is 2.03.